The topological polar surface area (TPSA) is 126 Å². The van der Waals surface area contributed by atoms with Crippen molar-refractivity contribution in [3.8, 4) is 0 Å². The number of ether oxygens (including phenoxy) is 2. The van der Waals surface area contributed by atoms with Crippen LogP contribution in [0.4, 0.5) is 0 Å². The number of aryl methyl sites for hydroxylation is 2. The highest BCUT2D eigenvalue weighted by Crippen LogP contribution is 2.48. The summed E-state index contributed by atoms with van der Waals surface area (Å²) in [4.78, 5) is 41.3. The van der Waals surface area contributed by atoms with Gasteiger partial charge in [-0.2, -0.15) is 0 Å². The Labute approximate surface area is 219 Å². The fourth-order valence-electron chi connectivity index (χ4n) is 5.03. The molecule has 1 unspecified atom stereocenters. The molecule has 1 amide bonds. The third-order valence-electron chi connectivity index (χ3n) is 6.56. The van der Waals surface area contributed by atoms with E-state index in [9.17, 15) is 14.4 Å². The zero-order valence-corrected chi connectivity index (χ0v) is 23.2. The quantitative estimate of drug-likeness (QED) is 0.265. The number of nitrogens with zero attached hydrogens (tertiary/aromatic N) is 5. The molecule has 13 heteroatoms. The highest BCUT2D eigenvalue weighted by atomic mass is 32.2. The van der Waals surface area contributed by atoms with Gasteiger partial charge in [0.25, 0.3) is 6.29 Å². The third-order valence-corrected chi connectivity index (χ3v) is 8.73. The highest BCUT2D eigenvalue weighted by molar-refractivity contribution is 8.03. The molecular formula is C24H29N5O6SSi. The molecule has 4 atom stereocenters. The zero-order valence-electron chi connectivity index (χ0n) is 21.3. The van der Waals surface area contributed by atoms with E-state index in [1.54, 1.807) is 28.9 Å². The van der Waals surface area contributed by atoms with Crippen LogP contribution in [0.1, 0.15) is 41.4 Å². The number of tetrazole rings is 1. The van der Waals surface area contributed by atoms with Crippen LogP contribution in [0.3, 0.4) is 0 Å². The van der Waals surface area contributed by atoms with Crippen molar-refractivity contribution in [2.75, 3.05) is 5.75 Å². The second kappa shape index (κ2) is 9.69. The Morgan fingerprint density at radius 1 is 1.27 bits per heavy atom. The summed E-state index contributed by atoms with van der Waals surface area (Å²) in [7, 11) is -1.87. The van der Waals surface area contributed by atoms with Crippen LogP contribution in [0.15, 0.2) is 34.9 Å². The first kappa shape index (κ1) is 25.6. The summed E-state index contributed by atoms with van der Waals surface area (Å²) in [6, 6.07) is 6.60. The van der Waals surface area contributed by atoms with Crippen LogP contribution in [0.2, 0.25) is 19.6 Å². The molecule has 0 spiro atoms. The molecule has 196 valence electrons. The number of rotatable bonds is 9. The van der Waals surface area contributed by atoms with Crippen LogP contribution in [0.5, 0.6) is 0 Å². The van der Waals surface area contributed by atoms with Gasteiger partial charge in [-0.3, -0.25) is 4.79 Å². The molecule has 0 bridgehead atoms. The molecular weight excluding hydrogens is 514 g/mol. The minimum Gasteiger partial charge on any atom is -0.417 e. The van der Waals surface area contributed by atoms with Gasteiger partial charge in [-0.25, -0.2) is 14.3 Å². The summed E-state index contributed by atoms with van der Waals surface area (Å²) < 4.78 is 18.9. The molecule has 5 rings (SSSR count). The highest BCUT2D eigenvalue weighted by Gasteiger charge is 2.58. The standard InChI is InChI=1S/C24H29N5O6SSi/c1-13(35-37(3,4)5)19-17-12-18(36-11-10-28-14(2)25-26-27-28)20(29(17)21(19)30)23(32)34-24-16-9-7-6-8-15(16)22(31)33-24/h6-9,13,17,19,24H,10-12H2,1-5H3/t13-,17+,19-,24?/m0/s1. The molecule has 1 aromatic heterocycles. The van der Waals surface area contributed by atoms with Crippen LogP contribution in [0.25, 0.3) is 0 Å². The second-order valence-corrected chi connectivity index (χ2v) is 15.9. The monoisotopic (exact) mass is 543 g/mol. The fraction of sp³-hybridized carbons (Fsp3) is 0.500. The molecule has 0 radical (unpaired) electrons. The molecule has 2 aromatic rings. The van der Waals surface area contributed by atoms with Crippen molar-refractivity contribution in [2.24, 2.45) is 5.92 Å². The van der Waals surface area contributed by atoms with Gasteiger partial charge in [0.15, 0.2) is 8.32 Å². The van der Waals surface area contributed by atoms with Crippen molar-refractivity contribution in [3.05, 3.63) is 51.8 Å². The van der Waals surface area contributed by atoms with Gasteiger partial charge in [0.1, 0.15) is 11.5 Å². The summed E-state index contributed by atoms with van der Waals surface area (Å²) in [5.74, 6) is -0.435. The lowest BCUT2D eigenvalue weighted by Gasteiger charge is -2.47. The van der Waals surface area contributed by atoms with Crippen LogP contribution in [0, 0.1) is 12.8 Å². The maximum atomic E-state index is 13.5. The Balaban J connectivity index is 1.36. The molecule has 0 saturated carbocycles. The maximum absolute atomic E-state index is 13.5. The van der Waals surface area contributed by atoms with E-state index >= 15 is 0 Å². The first-order chi connectivity index (χ1) is 17.5. The number of amides is 1. The van der Waals surface area contributed by atoms with E-state index in [0.29, 0.717) is 35.7 Å². The van der Waals surface area contributed by atoms with E-state index in [2.05, 4.69) is 35.2 Å². The lowest BCUT2D eigenvalue weighted by molar-refractivity contribution is -0.172. The van der Waals surface area contributed by atoms with E-state index < -0.39 is 26.5 Å². The molecule has 0 N–H and O–H groups in total. The molecule has 1 aromatic carbocycles. The first-order valence-corrected chi connectivity index (χ1v) is 16.5. The van der Waals surface area contributed by atoms with Crippen molar-refractivity contribution in [2.45, 2.75) is 64.9 Å². The summed E-state index contributed by atoms with van der Waals surface area (Å²) in [6.07, 6.45) is -0.881. The number of aromatic nitrogens is 4. The summed E-state index contributed by atoms with van der Waals surface area (Å²) in [5.41, 5.74) is 1.07. The number of benzene rings is 1. The van der Waals surface area contributed by atoms with Gasteiger partial charge in [-0.15, -0.1) is 16.9 Å². The van der Waals surface area contributed by atoms with Crippen LogP contribution in [-0.2, 0) is 30.0 Å². The molecule has 3 aliphatic rings. The number of cyclic esters (lactones) is 1. The molecule has 4 heterocycles. The minimum atomic E-state index is -1.87. The third kappa shape index (κ3) is 4.82. The maximum Gasteiger partial charge on any atom is 0.359 e. The predicted molar refractivity (Wildman–Crippen MR) is 135 cm³/mol. The lowest BCUT2D eigenvalue weighted by atomic mass is 9.83. The fourth-order valence-corrected chi connectivity index (χ4v) is 7.41. The van der Waals surface area contributed by atoms with Gasteiger partial charge in [0, 0.05) is 22.6 Å². The number of fused-ring (bicyclic) bond motifs is 2. The van der Waals surface area contributed by atoms with Gasteiger partial charge in [-0.05, 0) is 50.0 Å². The summed E-state index contributed by atoms with van der Waals surface area (Å²) in [5, 5.41) is 11.5. The number of β-lactam (4-membered cyclic amide) rings is 1. The van der Waals surface area contributed by atoms with E-state index in [1.807, 2.05) is 13.8 Å². The van der Waals surface area contributed by atoms with Crippen molar-refractivity contribution >= 4 is 37.9 Å². The van der Waals surface area contributed by atoms with Gasteiger partial charge < -0.3 is 18.8 Å². The average molecular weight is 544 g/mol. The van der Waals surface area contributed by atoms with Crippen molar-refractivity contribution in [1.29, 1.82) is 0 Å². The number of carbonyl (C=O) groups excluding carboxylic acids is 3. The van der Waals surface area contributed by atoms with Gasteiger partial charge in [-0.1, -0.05) is 18.2 Å². The Hall–Kier alpha value is -3.03. The number of hydrogen-bond acceptors (Lipinski definition) is 10. The van der Waals surface area contributed by atoms with Crippen molar-refractivity contribution < 1.29 is 28.3 Å². The molecule has 11 nitrogen and oxygen atoms in total. The van der Waals surface area contributed by atoms with E-state index in [0.717, 1.165) is 4.91 Å². The molecule has 1 fully saturated rings. The van der Waals surface area contributed by atoms with E-state index in [4.69, 9.17) is 13.9 Å². The lowest BCUT2D eigenvalue weighted by Crippen LogP contribution is -2.63. The summed E-state index contributed by atoms with van der Waals surface area (Å²) in [6.45, 7) is 10.5. The van der Waals surface area contributed by atoms with E-state index in [1.165, 1.54) is 16.7 Å². The van der Waals surface area contributed by atoms with Crippen molar-refractivity contribution in [3.63, 3.8) is 0 Å². The zero-order chi connectivity index (χ0) is 26.5. The molecule has 1 saturated heterocycles. The van der Waals surface area contributed by atoms with Crippen molar-refractivity contribution in [1.82, 2.24) is 25.1 Å². The van der Waals surface area contributed by atoms with Gasteiger partial charge in [0.05, 0.1) is 30.2 Å². The molecule has 37 heavy (non-hydrogen) atoms. The molecule has 0 aliphatic carbocycles. The minimum absolute atomic E-state index is 0.154. The normalized spacial score (nSPS) is 23.5. The predicted octanol–water partition coefficient (Wildman–Crippen LogP) is 2.81. The Morgan fingerprint density at radius 3 is 2.73 bits per heavy atom. The number of esters is 2. The smallest absolute Gasteiger partial charge is 0.359 e. The Kier molecular flexibility index (Phi) is 6.71. The first-order valence-electron chi connectivity index (χ1n) is 12.2. The van der Waals surface area contributed by atoms with Crippen LogP contribution >= 0.6 is 11.8 Å². The van der Waals surface area contributed by atoms with Crippen LogP contribution < -0.4 is 0 Å². The van der Waals surface area contributed by atoms with E-state index in [-0.39, 0.29) is 29.7 Å². The molecule has 3 aliphatic heterocycles. The number of carbonyl (C=O) groups is 3. The Bertz CT molecular complexity index is 1290. The second-order valence-electron chi connectivity index (χ2n) is 10.2. The number of thioether (sulfide) groups is 1. The summed E-state index contributed by atoms with van der Waals surface area (Å²) >= 11 is 1.48. The Morgan fingerprint density at radius 2 is 2.03 bits per heavy atom. The number of hydrogen-bond donors (Lipinski definition) is 0. The SMILES string of the molecule is Cc1nnnn1CCSC1=C(C(=O)OC2OC(=O)c3ccccc32)N2C(=O)[C@@H]([C@H](C)O[Si](C)(C)C)[C@H]2C1. The van der Waals surface area contributed by atoms with Gasteiger partial charge in [0.2, 0.25) is 5.91 Å². The largest absolute Gasteiger partial charge is 0.417 e. The van der Waals surface area contributed by atoms with Crippen LogP contribution in [-0.4, -0.2) is 69.2 Å². The van der Waals surface area contributed by atoms with Gasteiger partial charge >= 0.3 is 11.9 Å². The average Bonchev–Trinajstić information content (AvgIpc) is 3.47.